The van der Waals surface area contributed by atoms with E-state index in [2.05, 4.69) is 5.32 Å². The summed E-state index contributed by atoms with van der Waals surface area (Å²) in [5.41, 5.74) is -0.211. The van der Waals surface area contributed by atoms with Crippen LogP contribution in [0.2, 0.25) is 0 Å². The molecular formula is C16H15F3N2O3S. The van der Waals surface area contributed by atoms with Gasteiger partial charge < -0.3 is 5.32 Å². The molecule has 0 aromatic heterocycles. The van der Waals surface area contributed by atoms with E-state index < -0.39 is 39.4 Å². The van der Waals surface area contributed by atoms with E-state index in [0.29, 0.717) is 6.07 Å². The highest BCUT2D eigenvalue weighted by molar-refractivity contribution is 7.92. The van der Waals surface area contributed by atoms with Crippen LogP contribution in [0.3, 0.4) is 0 Å². The smallest absolute Gasteiger partial charge is 0.248 e. The molecule has 0 spiro atoms. The van der Waals surface area contributed by atoms with Crippen LogP contribution < -0.4 is 9.62 Å². The Morgan fingerprint density at radius 1 is 1.04 bits per heavy atom. The number of nitrogens with one attached hydrogen (secondary N) is 1. The predicted octanol–water partition coefficient (Wildman–Crippen LogP) is 2.90. The first-order valence-corrected chi connectivity index (χ1v) is 8.95. The molecule has 1 N–H and O–H groups in total. The molecule has 2 aromatic carbocycles. The van der Waals surface area contributed by atoms with Gasteiger partial charge in [0.1, 0.15) is 23.5 Å². The first kappa shape index (κ1) is 18.8. The fourth-order valence-electron chi connectivity index (χ4n) is 2.22. The van der Waals surface area contributed by atoms with Crippen LogP contribution in [0, 0.1) is 17.5 Å². The minimum atomic E-state index is -3.89. The molecule has 0 heterocycles. The molecule has 1 amide bonds. The van der Waals surface area contributed by atoms with Crippen molar-refractivity contribution in [3.63, 3.8) is 0 Å². The van der Waals surface area contributed by atoms with Crippen LogP contribution in [0.1, 0.15) is 6.92 Å². The average molecular weight is 372 g/mol. The molecule has 0 fully saturated rings. The lowest BCUT2D eigenvalue weighted by Crippen LogP contribution is -2.45. The van der Waals surface area contributed by atoms with Gasteiger partial charge in [-0.2, -0.15) is 0 Å². The van der Waals surface area contributed by atoms with E-state index in [0.717, 1.165) is 34.8 Å². The van der Waals surface area contributed by atoms with Crippen molar-refractivity contribution in [2.45, 2.75) is 13.0 Å². The van der Waals surface area contributed by atoms with E-state index in [4.69, 9.17) is 0 Å². The van der Waals surface area contributed by atoms with Crippen molar-refractivity contribution >= 4 is 27.3 Å². The lowest BCUT2D eigenvalue weighted by Gasteiger charge is -2.28. The summed E-state index contributed by atoms with van der Waals surface area (Å²) in [4.78, 5) is 12.3. The third kappa shape index (κ3) is 4.50. The monoisotopic (exact) mass is 372 g/mol. The number of amides is 1. The van der Waals surface area contributed by atoms with Gasteiger partial charge in [0.25, 0.3) is 0 Å². The number of benzene rings is 2. The molecule has 0 radical (unpaired) electrons. The molecule has 0 aliphatic rings. The van der Waals surface area contributed by atoms with E-state index in [1.165, 1.54) is 19.1 Å². The second-order valence-electron chi connectivity index (χ2n) is 5.32. The molecule has 5 nitrogen and oxygen atoms in total. The number of rotatable bonds is 5. The Morgan fingerprint density at radius 2 is 1.60 bits per heavy atom. The molecular weight excluding hydrogens is 357 g/mol. The van der Waals surface area contributed by atoms with Crippen molar-refractivity contribution in [3.05, 3.63) is 59.9 Å². The van der Waals surface area contributed by atoms with Crippen molar-refractivity contribution in [1.82, 2.24) is 0 Å². The quantitative estimate of drug-likeness (QED) is 0.878. The summed E-state index contributed by atoms with van der Waals surface area (Å²) in [5.74, 6) is -3.20. The van der Waals surface area contributed by atoms with Crippen molar-refractivity contribution in [1.29, 1.82) is 0 Å². The van der Waals surface area contributed by atoms with Crippen LogP contribution in [0.5, 0.6) is 0 Å². The number of anilines is 2. The van der Waals surface area contributed by atoms with E-state index in [9.17, 15) is 26.4 Å². The van der Waals surface area contributed by atoms with Gasteiger partial charge in [-0.1, -0.05) is 0 Å². The Morgan fingerprint density at radius 3 is 2.12 bits per heavy atom. The van der Waals surface area contributed by atoms with E-state index in [-0.39, 0.29) is 11.4 Å². The Balaban J connectivity index is 2.31. The Bertz CT molecular complexity index is 886. The molecule has 0 saturated heterocycles. The zero-order chi connectivity index (χ0) is 18.8. The second-order valence-corrected chi connectivity index (χ2v) is 7.18. The van der Waals surface area contributed by atoms with Crippen LogP contribution in [0.4, 0.5) is 24.5 Å². The Hall–Kier alpha value is -2.55. The summed E-state index contributed by atoms with van der Waals surface area (Å²) in [5, 5.41) is 2.21. The van der Waals surface area contributed by atoms with Crippen molar-refractivity contribution in [2.24, 2.45) is 0 Å². The highest BCUT2D eigenvalue weighted by Crippen LogP contribution is 2.22. The standard InChI is InChI=1S/C16H15F3N2O3S/c1-10(16(22)20-15-8-5-12(18)9-14(15)19)21(25(2,23)24)13-6-3-11(17)4-7-13/h3-10H,1-2H3,(H,20,22). The van der Waals surface area contributed by atoms with Gasteiger partial charge >= 0.3 is 0 Å². The number of hydrogen-bond acceptors (Lipinski definition) is 3. The van der Waals surface area contributed by atoms with Gasteiger partial charge in [0, 0.05) is 6.07 Å². The minimum Gasteiger partial charge on any atom is -0.322 e. The lowest BCUT2D eigenvalue weighted by atomic mass is 10.2. The zero-order valence-corrected chi connectivity index (χ0v) is 14.1. The zero-order valence-electron chi connectivity index (χ0n) is 13.3. The molecule has 2 rings (SSSR count). The average Bonchev–Trinajstić information content (AvgIpc) is 2.50. The second kappa shape index (κ2) is 7.14. The van der Waals surface area contributed by atoms with Gasteiger partial charge in [0.2, 0.25) is 15.9 Å². The number of halogens is 3. The number of nitrogens with zero attached hydrogens (tertiary/aromatic N) is 1. The van der Waals surface area contributed by atoms with Gasteiger partial charge in [-0.3, -0.25) is 9.10 Å². The van der Waals surface area contributed by atoms with Gasteiger partial charge in [-0.25, -0.2) is 21.6 Å². The lowest BCUT2D eigenvalue weighted by molar-refractivity contribution is -0.116. The highest BCUT2D eigenvalue weighted by Gasteiger charge is 2.29. The summed E-state index contributed by atoms with van der Waals surface area (Å²) in [6.07, 6.45) is 0.888. The number of hydrogen-bond donors (Lipinski definition) is 1. The van der Waals surface area contributed by atoms with Crippen LogP contribution in [0.25, 0.3) is 0 Å². The maximum Gasteiger partial charge on any atom is 0.248 e. The summed E-state index contributed by atoms with van der Waals surface area (Å²) >= 11 is 0. The largest absolute Gasteiger partial charge is 0.322 e. The van der Waals surface area contributed by atoms with Gasteiger partial charge in [0.15, 0.2) is 0 Å². The molecule has 9 heteroatoms. The molecule has 0 aliphatic heterocycles. The maximum atomic E-state index is 13.6. The first-order valence-electron chi connectivity index (χ1n) is 7.10. The SMILES string of the molecule is CC(C(=O)Nc1ccc(F)cc1F)N(c1ccc(F)cc1)S(C)(=O)=O. The third-order valence-corrected chi connectivity index (χ3v) is 4.60. The molecule has 1 unspecified atom stereocenters. The summed E-state index contributed by atoms with van der Waals surface area (Å²) < 4.78 is 64.5. The van der Waals surface area contributed by atoms with Crippen LogP contribution in [-0.2, 0) is 14.8 Å². The molecule has 2 aromatic rings. The topological polar surface area (TPSA) is 66.5 Å². The molecule has 134 valence electrons. The van der Waals surface area contributed by atoms with E-state index >= 15 is 0 Å². The fourth-order valence-corrected chi connectivity index (χ4v) is 3.40. The highest BCUT2D eigenvalue weighted by atomic mass is 32.2. The summed E-state index contributed by atoms with van der Waals surface area (Å²) in [6, 6.07) is 5.83. The van der Waals surface area contributed by atoms with Crippen molar-refractivity contribution < 1.29 is 26.4 Å². The minimum absolute atomic E-state index is 0.0751. The van der Waals surface area contributed by atoms with Gasteiger partial charge in [-0.15, -0.1) is 0 Å². The Kier molecular flexibility index (Phi) is 5.36. The van der Waals surface area contributed by atoms with E-state index in [1.807, 2.05) is 0 Å². The number of carbonyl (C=O) groups is 1. The van der Waals surface area contributed by atoms with Crippen LogP contribution >= 0.6 is 0 Å². The van der Waals surface area contributed by atoms with Crippen molar-refractivity contribution in [2.75, 3.05) is 15.9 Å². The van der Waals surface area contributed by atoms with Crippen molar-refractivity contribution in [3.8, 4) is 0 Å². The van der Waals surface area contributed by atoms with E-state index in [1.54, 1.807) is 0 Å². The Labute approximate surface area is 143 Å². The number of carbonyl (C=O) groups excluding carboxylic acids is 1. The fraction of sp³-hybridized carbons (Fsp3) is 0.188. The third-order valence-electron chi connectivity index (χ3n) is 3.36. The normalized spacial score (nSPS) is 12.5. The molecule has 0 aliphatic carbocycles. The molecule has 25 heavy (non-hydrogen) atoms. The number of sulfonamides is 1. The van der Waals surface area contributed by atoms with Crippen LogP contribution in [-0.4, -0.2) is 26.6 Å². The first-order chi connectivity index (χ1) is 11.6. The summed E-state index contributed by atoms with van der Waals surface area (Å²) in [6.45, 7) is 1.29. The predicted molar refractivity (Wildman–Crippen MR) is 88.2 cm³/mol. The van der Waals surface area contributed by atoms with Gasteiger partial charge in [0.05, 0.1) is 17.6 Å². The molecule has 0 bridgehead atoms. The molecule has 1 atom stereocenters. The summed E-state index contributed by atoms with van der Waals surface area (Å²) in [7, 11) is -3.89. The van der Waals surface area contributed by atoms with Gasteiger partial charge in [-0.05, 0) is 43.3 Å². The maximum absolute atomic E-state index is 13.6. The molecule has 0 saturated carbocycles. The van der Waals surface area contributed by atoms with Crippen LogP contribution in [0.15, 0.2) is 42.5 Å².